The third-order valence-corrected chi connectivity index (χ3v) is 8.97. The summed E-state index contributed by atoms with van der Waals surface area (Å²) in [5.74, 6) is -1.26. The van der Waals surface area contributed by atoms with E-state index >= 15 is 0 Å². The highest BCUT2D eigenvalue weighted by Gasteiger charge is 2.35. The molecule has 3 rings (SSSR count). The highest BCUT2D eigenvalue weighted by molar-refractivity contribution is 7.92. The molecule has 0 atom stereocenters. The lowest BCUT2D eigenvalue weighted by atomic mass is 10.2. The first kappa shape index (κ1) is 20.2. The zero-order valence-corrected chi connectivity index (χ0v) is 16.4. The van der Waals surface area contributed by atoms with E-state index in [1.54, 1.807) is 0 Å². The van der Waals surface area contributed by atoms with E-state index in [4.69, 9.17) is 11.6 Å². The van der Waals surface area contributed by atoms with Crippen LogP contribution >= 0.6 is 11.6 Å². The normalized spacial score (nSPS) is 17.1. The Morgan fingerprint density at radius 1 is 0.889 bits per heavy atom. The van der Waals surface area contributed by atoms with Gasteiger partial charge in [0.25, 0.3) is 0 Å². The second-order valence-corrected chi connectivity index (χ2v) is 10.8. The number of piperidine rings is 1. The van der Waals surface area contributed by atoms with Crippen molar-refractivity contribution < 1.29 is 25.6 Å². The van der Waals surface area contributed by atoms with Crippen LogP contribution in [0.15, 0.2) is 52.3 Å². The van der Waals surface area contributed by atoms with Gasteiger partial charge in [0.2, 0.25) is 10.0 Å². The summed E-state index contributed by atoms with van der Waals surface area (Å²) in [6, 6.07) is 7.69. The molecule has 1 heterocycles. The molecule has 0 saturated carbocycles. The Morgan fingerprint density at radius 3 is 2.00 bits per heavy atom. The van der Waals surface area contributed by atoms with Crippen molar-refractivity contribution >= 4 is 31.5 Å². The van der Waals surface area contributed by atoms with Crippen LogP contribution in [0.1, 0.15) is 12.8 Å². The average Bonchev–Trinajstić information content (AvgIpc) is 2.64. The predicted molar refractivity (Wildman–Crippen MR) is 96.8 cm³/mol. The smallest absolute Gasteiger partial charge is 0.223 e. The molecule has 1 fully saturated rings. The van der Waals surface area contributed by atoms with Crippen LogP contribution < -0.4 is 0 Å². The molecule has 1 saturated heterocycles. The fourth-order valence-corrected chi connectivity index (χ4v) is 6.46. The fraction of sp³-hybridized carbons (Fsp3) is 0.294. The first-order valence-electron chi connectivity index (χ1n) is 8.07. The Balaban J connectivity index is 1.76. The lowest BCUT2D eigenvalue weighted by Gasteiger charge is -2.31. The Morgan fingerprint density at radius 2 is 1.44 bits per heavy atom. The summed E-state index contributed by atoms with van der Waals surface area (Å²) in [5.41, 5.74) is 0. The molecule has 146 valence electrons. The van der Waals surface area contributed by atoms with Gasteiger partial charge in [-0.1, -0.05) is 11.6 Å². The molecule has 0 aromatic heterocycles. The molecule has 0 unspecified atom stereocenters. The van der Waals surface area contributed by atoms with Crippen LogP contribution in [0.2, 0.25) is 5.02 Å². The van der Waals surface area contributed by atoms with E-state index in [1.165, 1.54) is 12.1 Å². The largest absolute Gasteiger partial charge is 0.243 e. The van der Waals surface area contributed by atoms with E-state index in [2.05, 4.69) is 0 Å². The number of hydrogen-bond donors (Lipinski definition) is 0. The minimum Gasteiger partial charge on any atom is -0.223 e. The van der Waals surface area contributed by atoms with Gasteiger partial charge in [-0.05, 0) is 55.3 Å². The van der Waals surface area contributed by atoms with E-state index in [0.717, 1.165) is 34.6 Å². The zero-order valence-electron chi connectivity index (χ0n) is 14.0. The van der Waals surface area contributed by atoms with Crippen molar-refractivity contribution in [3.8, 4) is 0 Å². The molecule has 2 aromatic rings. The van der Waals surface area contributed by atoms with Crippen LogP contribution in [0.4, 0.5) is 8.78 Å². The third-order valence-electron chi connectivity index (χ3n) is 4.51. The Bertz CT molecular complexity index is 1050. The van der Waals surface area contributed by atoms with Crippen molar-refractivity contribution in [2.24, 2.45) is 0 Å². The van der Waals surface area contributed by atoms with Crippen molar-refractivity contribution in [2.45, 2.75) is 27.9 Å². The molecule has 0 bridgehead atoms. The molecule has 1 aliphatic heterocycles. The topological polar surface area (TPSA) is 71.5 Å². The van der Waals surface area contributed by atoms with Gasteiger partial charge in [-0.15, -0.1) is 0 Å². The van der Waals surface area contributed by atoms with Crippen molar-refractivity contribution in [3.63, 3.8) is 0 Å². The first-order valence-corrected chi connectivity index (χ1v) is 11.4. The molecule has 0 spiro atoms. The van der Waals surface area contributed by atoms with Gasteiger partial charge in [0.15, 0.2) is 9.84 Å². The van der Waals surface area contributed by atoms with Crippen LogP contribution in [0.3, 0.4) is 0 Å². The van der Waals surface area contributed by atoms with E-state index in [1.807, 2.05) is 0 Å². The van der Waals surface area contributed by atoms with Gasteiger partial charge >= 0.3 is 0 Å². The Hall–Kier alpha value is -1.55. The van der Waals surface area contributed by atoms with Crippen molar-refractivity contribution in [1.82, 2.24) is 4.31 Å². The maximum absolute atomic E-state index is 13.3. The van der Waals surface area contributed by atoms with Gasteiger partial charge in [0.05, 0.1) is 20.1 Å². The number of hydrogen-bond acceptors (Lipinski definition) is 4. The molecule has 27 heavy (non-hydrogen) atoms. The number of sulfonamides is 1. The second-order valence-electron chi connectivity index (χ2n) is 6.18. The molecule has 0 amide bonds. The molecular weight excluding hydrogens is 420 g/mol. The van der Waals surface area contributed by atoms with Crippen LogP contribution in [0.25, 0.3) is 0 Å². The quantitative estimate of drug-likeness (QED) is 0.691. The standard InChI is InChI=1S/C17H16ClF2NO4S2/c18-16-11-15(5-6-17(16)20)27(24,25)21-9-7-14(8-10-21)26(22,23)13-3-1-12(19)2-4-13/h1-6,11,14H,7-10H2. The van der Waals surface area contributed by atoms with Crippen LogP contribution in [-0.4, -0.2) is 39.5 Å². The third kappa shape index (κ3) is 4.01. The first-order chi connectivity index (χ1) is 12.6. The summed E-state index contributed by atoms with van der Waals surface area (Å²) in [6.07, 6.45) is 0.210. The molecular formula is C17H16ClF2NO4S2. The van der Waals surface area contributed by atoms with Crippen LogP contribution in [0.5, 0.6) is 0 Å². The van der Waals surface area contributed by atoms with Gasteiger partial charge in [0, 0.05) is 13.1 Å². The summed E-state index contributed by atoms with van der Waals surface area (Å²) < 4.78 is 78.1. The summed E-state index contributed by atoms with van der Waals surface area (Å²) >= 11 is 5.66. The minimum absolute atomic E-state index is 0.00240. The van der Waals surface area contributed by atoms with Gasteiger partial charge < -0.3 is 0 Å². The van der Waals surface area contributed by atoms with Crippen molar-refractivity contribution in [2.75, 3.05) is 13.1 Å². The van der Waals surface area contributed by atoms with E-state index in [-0.39, 0.29) is 40.7 Å². The zero-order chi connectivity index (χ0) is 19.8. The number of sulfone groups is 1. The van der Waals surface area contributed by atoms with Gasteiger partial charge in [-0.3, -0.25) is 0 Å². The monoisotopic (exact) mass is 435 g/mol. The van der Waals surface area contributed by atoms with Crippen molar-refractivity contribution in [3.05, 3.63) is 59.1 Å². The van der Waals surface area contributed by atoms with Gasteiger partial charge in [0.1, 0.15) is 11.6 Å². The molecule has 10 heteroatoms. The van der Waals surface area contributed by atoms with E-state index in [9.17, 15) is 25.6 Å². The summed E-state index contributed by atoms with van der Waals surface area (Å²) in [7, 11) is -7.59. The number of halogens is 3. The molecule has 2 aromatic carbocycles. The summed E-state index contributed by atoms with van der Waals surface area (Å²) in [4.78, 5) is -0.135. The van der Waals surface area contributed by atoms with Gasteiger partial charge in [-0.2, -0.15) is 4.31 Å². The van der Waals surface area contributed by atoms with E-state index < -0.39 is 36.7 Å². The molecule has 0 N–H and O–H groups in total. The fourth-order valence-electron chi connectivity index (χ4n) is 2.99. The molecule has 5 nitrogen and oxygen atoms in total. The second kappa shape index (κ2) is 7.46. The average molecular weight is 436 g/mol. The van der Waals surface area contributed by atoms with E-state index in [0.29, 0.717) is 0 Å². The Kier molecular flexibility index (Phi) is 5.58. The highest BCUT2D eigenvalue weighted by atomic mass is 35.5. The van der Waals surface area contributed by atoms with Gasteiger partial charge in [-0.25, -0.2) is 25.6 Å². The summed E-state index contributed by atoms with van der Waals surface area (Å²) in [6.45, 7) is 0.00480. The molecule has 0 aliphatic carbocycles. The predicted octanol–water partition coefficient (Wildman–Crippen LogP) is 3.25. The number of nitrogens with zero attached hydrogens (tertiary/aromatic N) is 1. The maximum atomic E-state index is 13.3. The lowest BCUT2D eigenvalue weighted by Crippen LogP contribution is -2.42. The molecule has 1 aliphatic rings. The Labute approximate surface area is 161 Å². The van der Waals surface area contributed by atoms with Crippen LogP contribution in [-0.2, 0) is 19.9 Å². The number of benzene rings is 2. The summed E-state index contributed by atoms with van der Waals surface area (Å²) in [5, 5.41) is -1.06. The molecule has 0 radical (unpaired) electrons. The SMILES string of the molecule is O=S(=O)(c1ccc(F)cc1)C1CCN(S(=O)(=O)c2ccc(F)c(Cl)c2)CC1. The highest BCUT2D eigenvalue weighted by Crippen LogP contribution is 2.29. The van der Waals surface area contributed by atoms with Crippen molar-refractivity contribution in [1.29, 1.82) is 0 Å². The minimum atomic E-state index is -3.90. The number of rotatable bonds is 4. The van der Waals surface area contributed by atoms with Crippen LogP contribution in [0, 0.1) is 11.6 Å². The lowest BCUT2D eigenvalue weighted by molar-refractivity contribution is 0.345. The maximum Gasteiger partial charge on any atom is 0.243 e.